The molecule has 1 aromatic heterocycles. The molecule has 68 valence electrons. The predicted octanol–water partition coefficient (Wildman–Crippen LogP) is 2.79. The average Bonchev–Trinajstić information content (AvgIpc) is 2.30. The van der Waals surface area contributed by atoms with Gasteiger partial charge in [-0.3, -0.25) is 0 Å². The zero-order valence-corrected chi connectivity index (χ0v) is 7.17. The summed E-state index contributed by atoms with van der Waals surface area (Å²) < 4.78 is 36.1. The molecule has 1 aromatic rings. The molecule has 0 radical (unpaired) electrons. The molecule has 1 nitrogen and oxygen atoms in total. The van der Waals surface area contributed by atoms with E-state index in [1.807, 2.05) is 0 Å². The molecule has 12 heavy (non-hydrogen) atoms. The fourth-order valence-corrected chi connectivity index (χ4v) is 1.62. The molecular weight excluding hydrogens is 187 g/mol. The highest BCUT2D eigenvalue weighted by Crippen LogP contribution is 2.35. The van der Waals surface area contributed by atoms with Gasteiger partial charge in [-0.1, -0.05) is 0 Å². The molecule has 0 aliphatic heterocycles. The Kier molecular flexibility index (Phi) is 2.44. The monoisotopic (exact) mass is 195 g/mol. The fraction of sp³-hybridized carbons (Fsp3) is 0.429. The number of hydrogen-bond donors (Lipinski definition) is 1. The Labute approximate surface area is 72.0 Å². The molecule has 0 spiro atoms. The molecule has 0 aliphatic carbocycles. The van der Waals surface area contributed by atoms with Crippen molar-refractivity contribution in [1.29, 1.82) is 0 Å². The van der Waals surface area contributed by atoms with Crippen LogP contribution in [-0.4, -0.2) is 0 Å². The van der Waals surface area contributed by atoms with Gasteiger partial charge in [0.15, 0.2) is 0 Å². The largest absolute Gasteiger partial charge is 0.425 e. The van der Waals surface area contributed by atoms with Crippen molar-refractivity contribution < 1.29 is 13.2 Å². The van der Waals surface area contributed by atoms with Crippen molar-refractivity contribution in [3.63, 3.8) is 0 Å². The van der Waals surface area contributed by atoms with Crippen LogP contribution in [0.2, 0.25) is 0 Å². The minimum absolute atomic E-state index is 0.336. The van der Waals surface area contributed by atoms with Gasteiger partial charge in [0.1, 0.15) is 4.88 Å². The first kappa shape index (κ1) is 9.54. The maximum absolute atomic E-state index is 12.0. The van der Waals surface area contributed by atoms with E-state index in [4.69, 9.17) is 5.73 Å². The molecule has 1 rings (SSSR count). The number of nitrogens with two attached hydrogens (primary N) is 1. The van der Waals surface area contributed by atoms with Gasteiger partial charge in [0, 0.05) is 6.04 Å². The molecule has 0 amide bonds. The zero-order valence-electron chi connectivity index (χ0n) is 6.35. The fourth-order valence-electron chi connectivity index (χ4n) is 0.738. The van der Waals surface area contributed by atoms with Crippen LogP contribution in [0.1, 0.15) is 23.4 Å². The van der Waals surface area contributed by atoms with Gasteiger partial charge >= 0.3 is 6.18 Å². The molecule has 0 saturated heterocycles. The van der Waals surface area contributed by atoms with Gasteiger partial charge in [0.25, 0.3) is 0 Å². The molecule has 1 heterocycles. The lowest BCUT2D eigenvalue weighted by Crippen LogP contribution is -2.04. The van der Waals surface area contributed by atoms with Crippen LogP contribution in [0.4, 0.5) is 13.2 Å². The molecule has 5 heteroatoms. The van der Waals surface area contributed by atoms with Gasteiger partial charge < -0.3 is 5.73 Å². The van der Waals surface area contributed by atoms with Gasteiger partial charge in [-0.25, -0.2) is 0 Å². The third-order valence-corrected chi connectivity index (χ3v) is 2.42. The van der Waals surface area contributed by atoms with Crippen LogP contribution in [0.5, 0.6) is 0 Å². The second-order valence-electron chi connectivity index (χ2n) is 2.53. The summed E-state index contributed by atoms with van der Waals surface area (Å²) in [4.78, 5) is -0.588. The van der Waals surface area contributed by atoms with Crippen LogP contribution < -0.4 is 5.73 Å². The van der Waals surface area contributed by atoms with E-state index < -0.39 is 11.1 Å². The van der Waals surface area contributed by atoms with Gasteiger partial charge in [-0.15, -0.1) is 11.3 Å². The Morgan fingerprint density at radius 3 is 2.33 bits per heavy atom. The third kappa shape index (κ3) is 1.98. The van der Waals surface area contributed by atoms with Crippen LogP contribution >= 0.6 is 11.3 Å². The Morgan fingerprint density at radius 2 is 2.08 bits per heavy atom. The molecule has 0 saturated carbocycles. The van der Waals surface area contributed by atoms with E-state index in [-0.39, 0.29) is 6.04 Å². The maximum atomic E-state index is 12.0. The average molecular weight is 195 g/mol. The normalized spacial score (nSPS) is 14.8. The van der Waals surface area contributed by atoms with Crippen molar-refractivity contribution in [1.82, 2.24) is 0 Å². The summed E-state index contributed by atoms with van der Waals surface area (Å²) in [5.41, 5.74) is 5.94. The van der Waals surface area contributed by atoms with Crippen LogP contribution in [0, 0.1) is 0 Å². The molecule has 0 aromatic carbocycles. The van der Waals surface area contributed by atoms with Crippen LogP contribution in [0.25, 0.3) is 0 Å². The van der Waals surface area contributed by atoms with Gasteiger partial charge in [-0.05, 0) is 23.9 Å². The second kappa shape index (κ2) is 3.06. The molecule has 0 unspecified atom stereocenters. The van der Waals surface area contributed by atoms with E-state index >= 15 is 0 Å². The summed E-state index contributed by atoms with van der Waals surface area (Å²) >= 11 is 0.680. The van der Waals surface area contributed by atoms with Gasteiger partial charge in [-0.2, -0.15) is 13.2 Å². The van der Waals surface area contributed by atoms with E-state index in [0.29, 0.717) is 16.9 Å². The minimum atomic E-state index is -4.24. The molecule has 0 fully saturated rings. The molecule has 1 atom stereocenters. The summed E-state index contributed by atoms with van der Waals surface area (Å²) in [6.45, 7) is 1.65. The molecular formula is C7H8F3NS. The summed E-state index contributed by atoms with van der Waals surface area (Å²) in [5, 5.41) is 1.44. The van der Waals surface area contributed by atoms with E-state index in [0.717, 1.165) is 6.07 Å². The van der Waals surface area contributed by atoms with Crippen molar-refractivity contribution in [3.8, 4) is 0 Å². The highest BCUT2D eigenvalue weighted by molar-refractivity contribution is 7.10. The number of halogens is 3. The Hall–Kier alpha value is -0.550. The van der Waals surface area contributed by atoms with Crippen molar-refractivity contribution in [3.05, 3.63) is 21.9 Å². The lowest BCUT2D eigenvalue weighted by Gasteiger charge is -2.01. The lowest BCUT2D eigenvalue weighted by atomic mass is 10.2. The van der Waals surface area contributed by atoms with Crippen LogP contribution in [0.15, 0.2) is 11.4 Å². The first-order chi connectivity index (χ1) is 5.41. The Morgan fingerprint density at radius 1 is 1.50 bits per heavy atom. The summed E-state index contributed by atoms with van der Waals surface area (Å²) in [6.07, 6.45) is -4.24. The maximum Gasteiger partial charge on any atom is 0.425 e. The summed E-state index contributed by atoms with van der Waals surface area (Å²) in [6, 6.07) is 0.757. The topological polar surface area (TPSA) is 26.0 Å². The lowest BCUT2D eigenvalue weighted by molar-refractivity contribution is -0.134. The standard InChI is InChI=1S/C7H8F3NS/c1-4(11)5-2-6(12-3-5)7(8,9)10/h2-4H,11H2,1H3/t4-/m0/s1. The zero-order chi connectivity index (χ0) is 9.35. The SMILES string of the molecule is C[C@H](N)c1csc(C(F)(F)F)c1. The van der Waals surface area contributed by atoms with Crippen molar-refractivity contribution >= 4 is 11.3 Å². The smallest absolute Gasteiger partial charge is 0.324 e. The molecule has 0 bridgehead atoms. The van der Waals surface area contributed by atoms with Crippen molar-refractivity contribution in [2.45, 2.75) is 19.1 Å². The Balaban J connectivity index is 2.92. The predicted molar refractivity (Wildman–Crippen MR) is 41.9 cm³/mol. The quantitative estimate of drug-likeness (QED) is 0.732. The van der Waals surface area contributed by atoms with E-state index in [1.165, 1.54) is 5.38 Å². The van der Waals surface area contributed by atoms with E-state index in [9.17, 15) is 13.2 Å². The number of alkyl halides is 3. The minimum Gasteiger partial charge on any atom is -0.324 e. The highest BCUT2D eigenvalue weighted by Gasteiger charge is 2.32. The molecule has 0 aliphatic rings. The number of rotatable bonds is 1. The van der Waals surface area contributed by atoms with Gasteiger partial charge in [0.05, 0.1) is 0 Å². The number of thiophene rings is 1. The first-order valence-electron chi connectivity index (χ1n) is 3.32. The third-order valence-electron chi connectivity index (χ3n) is 1.42. The molecule has 2 N–H and O–H groups in total. The summed E-state index contributed by atoms with van der Waals surface area (Å²) in [7, 11) is 0. The number of hydrogen-bond acceptors (Lipinski definition) is 2. The van der Waals surface area contributed by atoms with E-state index in [2.05, 4.69) is 0 Å². The Bertz CT molecular complexity index is 264. The van der Waals surface area contributed by atoms with Crippen LogP contribution in [0.3, 0.4) is 0 Å². The van der Waals surface area contributed by atoms with Crippen molar-refractivity contribution in [2.75, 3.05) is 0 Å². The van der Waals surface area contributed by atoms with Crippen LogP contribution in [-0.2, 0) is 6.18 Å². The summed E-state index contributed by atoms with van der Waals surface area (Å²) in [5.74, 6) is 0. The van der Waals surface area contributed by atoms with Gasteiger partial charge in [0.2, 0.25) is 0 Å². The highest BCUT2D eigenvalue weighted by atomic mass is 32.1. The first-order valence-corrected chi connectivity index (χ1v) is 4.20. The van der Waals surface area contributed by atoms with E-state index in [1.54, 1.807) is 6.92 Å². The van der Waals surface area contributed by atoms with Crippen molar-refractivity contribution in [2.24, 2.45) is 5.73 Å². The second-order valence-corrected chi connectivity index (χ2v) is 3.44.